The van der Waals surface area contributed by atoms with Crippen LogP contribution in [0.5, 0.6) is 11.5 Å². The molecule has 12 heteroatoms. The van der Waals surface area contributed by atoms with Crippen LogP contribution in [0.1, 0.15) is 50.8 Å². The molecule has 1 aliphatic rings. The number of nitrogens with one attached hydrogen (secondary N) is 1. The number of aromatic nitrogens is 2. The maximum Gasteiger partial charge on any atom is 0.336 e. The molecule has 0 spiro atoms. The molecule has 0 saturated carbocycles. The molecule has 4 aromatic rings. The Morgan fingerprint density at radius 2 is 1.98 bits per heavy atom. The standard InChI is InChI=1S/C29H34N4O6S2/c1-17-11-24(35)38-21-13-19(34)12-20(26(17)21)37-10-9-33-7-5-18(6-8-33)27(36)32-28-31-15-25(41-28)40-16-23-30-14-22(39-23)29(2,3)4/h11-15,18,34H,5-10,16H2,1-4H3,(H,31,32,36). The normalized spacial score (nSPS) is 14.9. The van der Waals surface area contributed by atoms with Gasteiger partial charge in [-0.15, -0.1) is 11.8 Å². The first-order valence-corrected chi connectivity index (χ1v) is 15.3. The number of oxazole rings is 1. The van der Waals surface area contributed by atoms with Crippen molar-refractivity contribution in [1.82, 2.24) is 14.9 Å². The second kappa shape index (κ2) is 12.3. The number of phenolic OH excluding ortho intramolecular Hbond substituents is 1. The smallest absolute Gasteiger partial charge is 0.336 e. The fraction of sp³-hybridized carbons (Fsp3) is 0.448. The number of nitrogens with zero attached hydrogens (tertiary/aromatic N) is 3. The number of aromatic hydroxyl groups is 1. The SMILES string of the molecule is Cc1cc(=O)oc2cc(O)cc(OCCN3CCC(C(=O)Nc4ncc(SCc5ncc(C(C)(C)C)o5)s4)CC3)c12. The molecule has 3 aromatic heterocycles. The molecule has 41 heavy (non-hydrogen) atoms. The molecule has 10 nitrogen and oxygen atoms in total. The van der Waals surface area contributed by atoms with Crippen LogP contribution in [-0.4, -0.2) is 52.1 Å². The maximum absolute atomic E-state index is 12.9. The van der Waals surface area contributed by atoms with Gasteiger partial charge in [-0.25, -0.2) is 14.8 Å². The van der Waals surface area contributed by atoms with E-state index >= 15 is 0 Å². The lowest BCUT2D eigenvalue weighted by atomic mass is 9.94. The Hall–Kier alpha value is -3.35. The van der Waals surface area contributed by atoms with Crippen LogP contribution in [0.2, 0.25) is 0 Å². The molecule has 2 N–H and O–H groups in total. The minimum Gasteiger partial charge on any atom is -0.508 e. The highest BCUT2D eigenvalue weighted by molar-refractivity contribution is 8.00. The van der Waals surface area contributed by atoms with E-state index < -0.39 is 5.63 Å². The molecule has 1 saturated heterocycles. The topological polar surface area (TPSA) is 131 Å². The summed E-state index contributed by atoms with van der Waals surface area (Å²) in [5, 5.41) is 14.3. The molecular formula is C29H34N4O6S2. The lowest BCUT2D eigenvalue weighted by Gasteiger charge is -2.31. The Morgan fingerprint density at radius 1 is 1.20 bits per heavy atom. The van der Waals surface area contributed by atoms with E-state index in [1.807, 2.05) is 6.92 Å². The van der Waals surface area contributed by atoms with Crippen LogP contribution >= 0.6 is 23.1 Å². The Labute approximate surface area is 246 Å². The number of likely N-dealkylation sites (tertiary alicyclic amines) is 1. The quantitative estimate of drug-likeness (QED) is 0.186. The summed E-state index contributed by atoms with van der Waals surface area (Å²) >= 11 is 3.04. The van der Waals surface area contributed by atoms with Crippen molar-refractivity contribution in [3.63, 3.8) is 0 Å². The molecule has 1 fully saturated rings. The van der Waals surface area contributed by atoms with E-state index in [9.17, 15) is 14.7 Å². The van der Waals surface area contributed by atoms with Gasteiger partial charge in [0.1, 0.15) is 29.4 Å². The van der Waals surface area contributed by atoms with Crippen LogP contribution in [0.25, 0.3) is 11.0 Å². The highest BCUT2D eigenvalue weighted by Crippen LogP contribution is 2.34. The molecule has 5 rings (SSSR count). The van der Waals surface area contributed by atoms with Gasteiger partial charge in [0.25, 0.3) is 0 Å². The van der Waals surface area contributed by atoms with Gasteiger partial charge in [0.05, 0.1) is 27.7 Å². The minimum atomic E-state index is -0.468. The van der Waals surface area contributed by atoms with E-state index in [0.717, 1.165) is 41.5 Å². The number of rotatable bonds is 9. The molecule has 0 aliphatic carbocycles. The molecule has 0 bridgehead atoms. The van der Waals surface area contributed by atoms with Crippen LogP contribution in [0.15, 0.2) is 48.4 Å². The van der Waals surface area contributed by atoms with Gasteiger partial charge >= 0.3 is 5.63 Å². The first-order valence-electron chi connectivity index (χ1n) is 13.5. The van der Waals surface area contributed by atoms with Gasteiger partial charge in [-0.05, 0) is 38.4 Å². The number of fused-ring (bicyclic) bond motifs is 1. The van der Waals surface area contributed by atoms with E-state index in [-0.39, 0.29) is 23.0 Å². The number of carbonyl (C=O) groups is 1. The summed E-state index contributed by atoms with van der Waals surface area (Å²) in [5.41, 5.74) is 0.482. The molecule has 0 radical (unpaired) electrons. The number of ether oxygens (including phenoxy) is 1. The second-order valence-electron chi connectivity index (χ2n) is 11.2. The molecule has 0 atom stereocenters. The average molecular weight is 599 g/mol. The first kappa shape index (κ1) is 29.2. The summed E-state index contributed by atoms with van der Waals surface area (Å²) in [5.74, 6) is 2.52. The molecular weight excluding hydrogens is 564 g/mol. The Balaban J connectivity index is 1.06. The lowest BCUT2D eigenvalue weighted by Crippen LogP contribution is -2.39. The number of phenols is 1. The Bertz CT molecular complexity index is 1580. The molecule has 1 aliphatic heterocycles. The predicted molar refractivity (Wildman–Crippen MR) is 159 cm³/mol. The number of hydrogen-bond donors (Lipinski definition) is 2. The van der Waals surface area contributed by atoms with Crippen molar-refractivity contribution in [3.8, 4) is 11.5 Å². The minimum absolute atomic E-state index is 0.00230. The second-order valence-corrected chi connectivity index (χ2v) is 13.5. The van der Waals surface area contributed by atoms with Crippen molar-refractivity contribution in [2.24, 2.45) is 5.92 Å². The monoisotopic (exact) mass is 598 g/mol. The van der Waals surface area contributed by atoms with Gasteiger partial charge in [0, 0.05) is 36.1 Å². The molecule has 1 amide bonds. The number of hydrogen-bond acceptors (Lipinski definition) is 11. The summed E-state index contributed by atoms with van der Waals surface area (Å²) < 4.78 is 18.0. The predicted octanol–water partition coefficient (Wildman–Crippen LogP) is 5.57. The fourth-order valence-electron chi connectivity index (χ4n) is 4.70. The highest BCUT2D eigenvalue weighted by Gasteiger charge is 2.26. The van der Waals surface area contributed by atoms with Crippen LogP contribution in [0, 0.1) is 12.8 Å². The zero-order chi connectivity index (χ0) is 29.1. The molecule has 4 heterocycles. The summed E-state index contributed by atoms with van der Waals surface area (Å²) in [7, 11) is 0. The van der Waals surface area contributed by atoms with Crippen LogP contribution < -0.4 is 15.7 Å². The lowest BCUT2D eigenvalue weighted by molar-refractivity contribution is -0.121. The van der Waals surface area contributed by atoms with Gasteiger partial charge in [0.2, 0.25) is 11.8 Å². The summed E-state index contributed by atoms with van der Waals surface area (Å²) in [6, 6.07) is 4.36. The number of amides is 1. The van der Waals surface area contributed by atoms with Crippen molar-refractivity contribution < 1.29 is 23.5 Å². The third-order valence-corrected chi connectivity index (χ3v) is 9.05. The number of piperidine rings is 1. The zero-order valence-electron chi connectivity index (χ0n) is 23.6. The third kappa shape index (κ3) is 7.30. The van der Waals surface area contributed by atoms with Crippen molar-refractivity contribution >= 4 is 45.1 Å². The maximum atomic E-state index is 12.9. The van der Waals surface area contributed by atoms with E-state index in [1.165, 1.54) is 29.5 Å². The number of carbonyl (C=O) groups excluding carboxylic acids is 1. The number of aryl methyl sites for hydroxylation is 1. The number of benzene rings is 1. The summed E-state index contributed by atoms with van der Waals surface area (Å²) in [4.78, 5) is 35.6. The van der Waals surface area contributed by atoms with Gasteiger partial charge in [-0.3, -0.25) is 9.69 Å². The average Bonchev–Trinajstić information content (AvgIpc) is 3.57. The molecule has 0 unspecified atom stereocenters. The van der Waals surface area contributed by atoms with Gasteiger partial charge in [0.15, 0.2) is 5.13 Å². The van der Waals surface area contributed by atoms with E-state index in [2.05, 4.69) is 41.0 Å². The van der Waals surface area contributed by atoms with E-state index in [4.69, 9.17) is 13.6 Å². The summed E-state index contributed by atoms with van der Waals surface area (Å²) in [6.45, 7) is 10.7. The van der Waals surface area contributed by atoms with Gasteiger partial charge in [-0.1, -0.05) is 32.1 Å². The van der Waals surface area contributed by atoms with Crippen molar-refractivity contribution in [2.45, 2.75) is 55.9 Å². The van der Waals surface area contributed by atoms with Crippen molar-refractivity contribution in [2.75, 3.05) is 31.6 Å². The molecule has 218 valence electrons. The van der Waals surface area contributed by atoms with Gasteiger partial charge in [-0.2, -0.15) is 0 Å². The van der Waals surface area contributed by atoms with E-state index in [0.29, 0.717) is 46.6 Å². The Kier molecular flexibility index (Phi) is 8.71. The number of thiazole rings is 1. The zero-order valence-corrected chi connectivity index (χ0v) is 25.2. The van der Waals surface area contributed by atoms with E-state index in [1.54, 1.807) is 24.2 Å². The highest BCUT2D eigenvalue weighted by atomic mass is 32.2. The van der Waals surface area contributed by atoms with Gasteiger partial charge < -0.3 is 24.0 Å². The largest absolute Gasteiger partial charge is 0.508 e. The third-order valence-electron chi connectivity index (χ3n) is 6.96. The number of thioether (sulfide) groups is 1. The van der Waals surface area contributed by atoms with Crippen LogP contribution in [-0.2, 0) is 16.0 Å². The van der Waals surface area contributed by atoms with Crippen molar-refractivity contribution in [1.29, 1.82) is 0 Å². The molecule has 1 aromatic carbocycles. The Morgan fingerprint density at radius 3 is 2.71 bits per heavy atom. The van der Waals surface area contributed by atoms with Crippen LogP contribution in [0.3, 0.4) is 0 Å². The first-order chi connectivity index (χ1) is 19.5. The fourth-order valence-corrected chi connectivity index (χ4v) is 6.43. The van der Waals surface area contributed by atoms with Crippen molar-refractivity contribution in [3.05, 3.63) is 58.2 Å². The summed E-state index contributed by atoms with van der Waals surface area (Å²) in [6.07, 6.45) is 5.05. The van der Waals surface area contributed by atoms with Crippen LogP contribution in [0.4, 0.5) is 5.13 Å². The number of anilines is 1.